The van der Waals surface area contributed by atoms with Crippen molar-refractivity contribution in [2.75, 3.05) is 0 Å². The highest BCUT2D eigenvalue weighted by atomic mass is 15.1. The monoisotopic (exact) mass is 259 g/mol. The minimum absolute atomic E-state index is 0.175. The number of nitrogens with zero attached hydrogens (tertiary/aromatic N) is 5. The third-order valence-electron chi connectivity index (χ3n) is 3.00. The minimum atomic E-state index is 0.175. The summed E-state index contributed by atoms with van der Waals surface area (Å²) in [4.78, 5) is 8.53. The molecule has 5 nitrogen and oxygen atoms in total. The van der Waals surface area contributed by atoms with Crippen LogP contribution in [0.25, 0.3) is 16.7 Å². The number of benzene rings is 1. The first-order valence-electron chi connectivity index (χ1n) is 6.04. The molecule has 0 saturated heterocycles. The van der Waals surface area contributed by atoms with Crippen molar-refractivity contribution in [1.82, 2.24) is 14.5 Å². The molecule has 1 aromatic carbocycles. The van der Waals surface area contributed by atoms with Gasteiger partial charge in [0.05, 0.1) is 29.2 Å². The standard InChI is InChI=1S/C15H9N5/c16-8-7-15-19-11-4-1-2-5-13(11)20(15)14-6-3-9-18-12(14)10-17/h1-6,9H,7H2. The molecular weight excluding hydrogens is 250 g/mol. The molecule has 0 bridgehead atoms. The second-order valence-electron chi connectivity index (χ2n) is 4.17. The maximum atomic E-state index is 9.20. The van der Waals surface area contributed by atoms with Gasteiger partial charge in [-0.25, -0.2) is 9.97 Å². The highest BCUT2D eigenvalue weighted by Gasteiger charge is 2.14. The van der Waals surface area contributed by atoms with Crippen molar-refractivity contribution >= 4 is 11.0 Å². The highest BCUT2D eigenvalue weighted by Crippen LogP contribution is 2.23. The third kappa shape index (κ3) is 1.79. The fourth-order valence-corrected chi connectivity index (χ4v) is 2.20. The van der Waals surface area contributed by atoms with E-state index in [1.54, 1.807) is 18.3 Å². The summed E-state index contributed by atoms with van der Waals surface area (Å²) in [6, 6.07) is 15.3. The molecule has 0 aliphatic carbocycles. The molecule has 0 aliphatic rings. The van der Waals surface area contributed by atoms with Crippen molar-refractivity contribution in [1.29, 1.82) is 10.5 Å². The van der Waals surface area contributed by atoms with Crippen LogP contribution in [0.5, 0.6) is 0 Å². The van der Waals surface area contributed by atoms with Gasteiger partial charge in [-0.15, -0.1) is 0 Å². The SMILES string of the molecule is N#CCc1nc2ccccc2n1-c1cccnc1C#N. The lowest BCUT2D eigenvalue weighted by atomic mass is 10.2. The summed E-state index contributed by atoms with van der Waals surface area (Å²) in [6.45, 7) is 0. The molecule has 0 unspecified atom stereocenters. The van der Waals surface area contributed by atoms with E-state index in [4.69, 9.17) is 5.26 Å². The van der Waals surface area contributed by atoms with Gasteiger partial charge in [0, 0.05) is 6.20 Å². The lowest BCUT2D eigenvalue weighted by Crippen LogP contribution is -2.04. The highest BCUT2D eigenvalue weighted by molar-refractivity contribution is 5.78. The Balaban J connectivity index is 2.37. The van der Waals surface area contributed by atoms with Gasteiger partial charge in [0.2, 0.25) is 0 Å². The molecular formula is C15H9N5. The Morgan fingerprint density at radius 2 is 1.95 bits per heavy atom. The molecule has 0 atom stereocenters. The van der Waals surface area contributed by atoms with Crippen molar-refractivity contribution in [2.45, 2.75) is 6.42 Å². The number of hydrogen-bond acceptors (Lipinski definition) is 4. The molecule has 2 aromatic heterocycles. The number of para-hydroxylation sites is 2. The fraction of sp³-hybridized carbons (Fsp3) is 0.0667. The molecule has 0 saturated carbocycles. The molecule has 94 valence electrons. The van der Waals surface area contributed by atoms with Gasteiger partial charge in [-0.05, 0) is 24.3 Å². The quantitative estimate of drug-likeness (QED) is 0.707. The Morgan fingerprint density at radius 3 is 2.75 bits per heavy atom. The van der Waals surface area contributed by atoms with Crippen LogP contribution in [0.15, 0.2) is 42.6 Å². The number of imidazole rings is 1. The van der Waals surface area contributed by atoms with E-state index < -0.39 is 0 Å². The third-order valence-corrected chi connectivity index (χ3v) is 3.00. The predicted octanol–water partition coefficient (Wildman–Crippen LogP) is 2.36. The molecule has 0 amide bonds. The molecule has 0 aliphatic heterocycles. The van der Waals surface area contributed by atoms with Crippen LogP contribution in [0.2, 0.25) is 0 Å². The summed E-state index contributed by atoms with van der Waals surface area (Å²) in [7, 11) is 0. The van der Waals surface area contributed by atoms with Gasteiger partial charge >= 0.3 is 0 Å². The Kier molecular flexibility index (Phi) is 2.87. The van der Waals surface area contributed by atoms with Crippen LogP contribution in [0.3, 0.4) is 0 Å². The lowest BCUT2D eigenvalue weighted by Gasteiger charge is -2.08. The van der Waals surface area contributed by atoms with E-state index >= 15 is 0 Å². The summed E-state index contributed by atoms with van der Waals surface area (Å²) in [6.07, 6.45) is 1.75. The summed E-state index contributed by atoms with van der Waals surface area (Å²) in [5.74, 6) is 0.609. The van der Waals surface area contributed by atoms with Gasteiger partial charge in [-0.3, -0.25) is 4.57 Å². The maximum absolute atomic E-state index is 9.20. The summed E-state index contributed by atoms with van der Waals surface area (Å²) in [5, 5.41) is 18.2. The van der Waals surface area contributed by atoms with E-state index in [0.717, 1.165) is 11.0 Å². The number of rotatable bonds is 2. The first-order valence-corrected chi connectivity index (χ1v) is 6.04. The molecule has 0 N–H and O–H groups in total. The molecule has 0 radical (unpaired) electrons. The van der Waals surface area contributed by atoms with Crippen LogP contribution >= 0.6 is 0 Å². The van der Waals surface area contributed by atoms with Crippen LogP contribution in [0, 0.1) is 22.7 Å². The zero-order valence-electron chi connectivity index (χ0n) is 10.5. The van der Waals surface area contributed by atoms with E-state index in [1.807, 2.05) is 28.8 Å². The van der Waals surface area contributed by atoms with Gasteiger partial charge in [0.15, 0.2) is 5.69 Å². The molecule has 0 fully saturated rings. The summed E-state index contributed by atoms with van der Waals surface area (Å²) in [5.41, 5.74) is 2.62. The number of pyridine rings is 1. The van der Waals surface area contributed by atoms with Crippen LogP contribution in [-0.4, -0.2) is 14.5 Å². The van der Waals surface area contributed by atoms with Gasteiger partial charge in [0.25, 0.3) is 0 Å². The Hall–Kier alpha value is -3.18. The van der Waals surface area contributed by atoms with Crippen molar-refractivity contribution in [2.24, 2.45) is 0 Å². The molecule has 3 rings (SSSR count). The average Bonchev–Trinajstić information content (AvgIpc) is 2.85. The van der Waals surface area contributed by atoms with Gasteiger partial charge < -0.3 is 0 Å². The molecule has 2 heterocycles. The smallest absolute Gasteiger partial charge is 0.164 e. The molecule has 0 spiro atoms. The molecule has 3 aromatic rings. The zero-order chi connectivity index (χ0) is 13.9. The first-order chi connectivity index (χ1) is 9.85. The summed E-state index contributed by atoms with van der Waals surface area (Å²) >= 11 is 0. The Morgan fingerprint density at radius 1 is 1.10 bits per heavy atom. The number of aromatic nitrogens is 3. The van der Waals surface area contributed by atoms with E-state index in [2.05, 4.69) is 22.1 Å². The van der Waals surface area contributed by atoms with Crippen molar-refractivity contribution in [3.8, 4) is 17.8 Å². The van der Waals surface area contributed by atoms with Crippen molar-refractivity contribution in [3.05, 3.63) is 54.1 Å². The minimum Gasteiger partial charge on any atom is -0.292 e. The summed E-state index contributed by atoms with van der Waals surface area (Å²) < 4.78 is 1.82. The number of nitriles is 2. The second-order valence-corrected chi connectivity index (χ2v) is 4.17. The van der Waals surface area contributed by atoms with Gasteiger partial charge in [0.1, 0.15) is 11.9 Å². The van der Waals surface area contributed by atoms with Crippen molar-refractivity contribution in [3.63, 3.8) is 0 Å². The van der Waals surface area contributed by atoms with Crippen LogP contribution in [-0.2, 0) is 6.42 Å². The van der Waals surface area contributed by atoms with Gasteiger partial charge in [-0.2, -0.15) is 10.5 Å². The maximum Gasteiger partial charge on any atom is 0.164 e. The topological polar surface area (TPSA) is 78.3 Å². The Labute approximate surface area is 115 Å². The van der Waals surface area contributed by atoms with Crippen LogP contribution in [0.1, 0.15) is 11.5 Å². The first kappa shape index (κ1) is 11.9. The molecule has 5 heteroatoms. The van der Waals surface area contributed by atoms with E-state index in [9.17, 15) is 5.26 Å². The Bertz CT molecular complexity index is 864. The van der Waals surface area contributed by atoms with Crippen LogP contribution in [0.4, 0.5) is 0 Å². The zero-order valence-corrected chi connectivity index (χ0v) is 10.5. The van der Waals surface area contributed by atoms with E-state index in [-0.39, 0.29) is 6.42 Å². The lowest BCUT2D eigenvalue weighted by molar-refractivity contribution is 0.942. The second kappa shape index (κ2) is 4.83. The van der Waals surface area contributed by atoms with Crippen LogP contribution < -0.4 is 0 Å². The molecule has 20 heavy (non-hydrogen) atoms. The number of fused-ring (bicyclic) bond motifs is 1. The average molecular weight is 259 g/mol. The fourth-order valence-electron chi connectivity index (χ4n) is 2.20. The van der Waals surface area contributed by atoms with Gasteiger partial charge in [-0.1, -0.05) is 12.1 Å². The largest absolute Gasteiger partial charge is 0.292 e. The predicted molar refractivity (Wildman–Crippen MR) is 72.9 cm³/mol. The normalized spacial score (nSPS) is 10.1. The van der Waals surface area contributed by atoms with E-state index in [0.29, 0.717) is 17.2 Å². The van der Waals surface area contributed by atoms with Crippen molar-refractivity contribution < 1.29 is 0 Å². The number of hydrogen-bond donors (Lipinski definition) is 0. The van der Waals surface area contributed by atoms with E-state index in [1.165, 1.54) is 0 Å².